The highest BCUT2D eigenvalue weighted by molar-refractivity contribution is 8.00. The van der Waals surface area contributed by atoms with Gasteiger partial charge >= 0.3 is 0 Å². The Balaban J connectivity index is 1.90. The Morgan fingerprint density at radius 3 is 2.55 bits per heavy atom. The normalized spacial score (nSPS) is 16.8. The van der Waals surface area contributed by atoms with E-state index in [9.17, 15) is 4.79 Å². The van der Waals surface area contributed by atoms with Crippen LogP contribution in [0.2, 0.25) is 0 Å². The number of hydrogen-bond donors (Lipinski definition) is 0. The average molecular weight is 305 g/mol. The van der Waals surface area contributed by atoms with Crippen LogP contribution in [0.1, 0.15) is 26.9 Å². The maximum atomic E-state index is 13.0. The first-order valence-corrected chi connectivity index (χ1v) is 8.16. The number of hydrogen-bond acceptors (Lipinski definition) is 2. The van der Waals surface area contributed by atoms with Crippen molar-refractivity contribution in [3.05, 3.63) is 83.7 Å². The SMILES string of the molecule is Cc1ccc(C2Sc3ccccc3-n3cccc3C2=O)cc1. The molecule has 3 heteroatoms. The molecule has 1 aliphatic heterocycles. The Bertz CT molecular complexity index is 848. The highest BCUT2D eigenvalue weighted by Gasteiger charge is 2.30. The molecular weight excluding hydrogens is 290 g/mol. The summed E-state index contributed by atoms with van der Waals surface area (Å²) in [5.74, 6) is 0.162. The summed E-state index contributed by atoms with van der Waals surface area (Å²) in [5.41, 5.74) is 4.10. The number of fused-ring (bicyclic) bond motifs is 3. The number of nitrogens with zero attached hydrogens (tertiary/aromatic N) is 1. The van der Waals surface area contributed by atoms with Crippen LogP contribution in [0, 0.1) is 6.92 Å². The van der Waals surface area contributed by atoms with Crippen molar-refractivity contribution in [2.24, 2.45) is 0 Å². The Kier molecular flexibility index (Phi) is 3.16. The van der Waals surface area contributed by atoms with Gasteiger partial charge in [0.1, 0.15) is 0 Å². The van der Waals surface area contributed by atoms with Crippen LogP contribution in [0.15, 0.2) is 71.8 Å². The predicted molar refractivity (Wildman–Crippen MR) is 89.9 cm³/mol. The minimum atomic E-state index is -0.196. The number of carbonyl (C=O) groups excluding carboxylic acids is 1. The van der Waals surface area contributed by atoms with Crippen molar-refractivity contribution in [3.63, 3.8) is 0 Å². The van der Waals surface area contributed by atoms with Gasteiger partial charge in [0, 0.05) is 11.1 Å². The highest BCUT2D eigenvalue weighted by atomic mass is 32.2. The molecule has 3 aromatic rings. The van der Waals surface area contributed by atoms with Crippen molar-refractivity contribution in [1.82, 2.24) is 4.57 Å². The van der Waals surface area contributed by atoms with Crippen LogP contribution in [0.4, 0.5) is 0 Å². The van der Waals surface area contributed by atoms with Gasteiger partial charge in [-0.25, -0.2) is 0 Å². The quantitative estimate of drug-likeness (QED) is 0.643. The second kappa shape index (κ2) is 5.18. The van der Waals surface area contributed by atoms with Crippen molar-refractivity contribution >= 4 is 17.5 Å². The molecule has 0 saturated carbocycles. The molecule has 0 saturated heterocycles. The van der Waals surface area contributed by atoms with E-state index >= 15 is 0 Å². The van der Waals surface area contributed by atoms with Crippen LogP contribution < -0.4 is 0 Å². The van der Waals surface area contributed by atoms with Crippen molar-refractivity contribution in [3.8, 4) is 5.69 Å². The first kappa shape index (κ1) is 13.4. The largest absolute Gasteiger partial charge is 0.313 e. The summed E-state index contributed by atoms with van der Waals surface area (Å²) in [5, 5.41) is -0.196. The predicted octanol–water partition coefficient (Wildman–Crippen LogP) is 4.82. The lowest BCUT2D eigenvalue weighted by Crippen LogP contribution is -2.11. The van der Waals surface area contributed by atoms with Gasteiger partial charge in [-0.1, -0.05) is 42.0 Å². The summed E-state index contributed by atoms with van der Waals surface area (Å²) in [6.45, 7) is 2.06. The fraction of sp³-hybridized carbons (Fsp3) is 0.105. The molecule has 0 aliphatic carbocycles. The molecule has 108 valence electrons. The zero-order chi connectivity index (χ0) is 15.1. The van der Waals surface area contributed by atoms with E-state index in [0.717, 1.165) is 21.8 Å². The number of thioether (sulfide) groups is 1. The smallest absolute Gasteiger partial charge is 0.197 e. The van der Waals surface area contributed by atoms with Crippen molar-refractivity contribution < 1.29 is 4.79 Å². The summed E-state index contributed by atoms with van der Waals surface area (Å²) >= 11 is 1.64. The topological polar surface area (TPSA) is 22.0 Å². The average Bonchev–Trinajstić information content (AvgIpc) is 2.99. The first-order valence-electron chi connectivity index (χ1n) is 7.28. The molecule has 0 N–H and O–H groups in total. The fourth-order valence-corrected chi connectivity index (χ4v) is 4.04. The second-order valence-corrected chi connectivity index (χ2v) is 6.65. The molecule has 2 nitrogen and oxygen atoms in total. The number of carbonyl (C=O) groups is 1. The van der Waals surface area contributed by atoms with Gasteiger partial charge in [0.2, 0.25) is 0 Å². The zero-order valence-corrected chi connectivity index (χ0v) is 13.0. The van der Waals surface area contributed by atoms with Crippen LogP contribution in [-0.2, 0) is 0 Å². The Labute approximate surface area is 133 Å². The van der Waals surface area contributed by atoms with Crippen LogP contribution in [-0.4, -0.2) is 10.4 Å². The van der Waals surface area contributed by atoms with Crippen LogP contribution >= 0.6 is 11.8 Å². The van der Waals surface area contributed by atoms with Crippen LogP contribution in [0.5, 0.6) is 0 Å². The van der Waals surface area contributed by atoms with Crippen molar-refractivity contribution in [1.29, 1.82) is 0 Å². The summed E-state index contributed by atoms with van der Waals surface area (Å²) < 4.78 is 2.00. The molecule has 2 heterocycles. The number of rotatable bonds is 1. The summed E-state index contributed by atoms with van der Waals surface area (Å²) in [6, 6.07) is 20.3. The van der Waals surface area contributed by atoms with Gasteiger partial charge in [-0.05, 0) is 36.8 Å². The van der Waals surface area contributed by atoms with E-state index in [1.165, 1.54) is 5.56 Å². The van der Waals surface area contributed by atoms with E-state index in [2.05, 4.69) is 43.3 Å². The van der Waals surface area contributed by atoms with Gasteiger partial charge in [0.05, 0.1) is 16.6 Å². The summed E-state index contributed by atoms with van der Waals surface area (Å²) in [7, 11) is 0. The van der Waals surface area contributed by atoms with Gasteiger partial charge in [-0.2, -0.15) is 0 Å². The Hall–Kier alpha value is -2.26. The fourth-order valence-electron chi connectivity index (χ4n) is 2.82. The minimum Gasteiger partial charge on any atom is -0.313 e. The first-order chi connectivity index (χ1) is 10.7. The number of ketones is 1. The molecule has 0 bridgehead atoms. The molecule has 1 atom stereocenters. The highest BCUT2D eigenvalue weighted by Crippen LogP contribution is 2.43. The minimum absolute atomic E-state index is 0.162. The van der Waals surface area contributed by atoms with Gasteiger partial charge in [-0.3, -0.25) is 4.79 Å². The molecule has 1 aliphatic rings. The third-order valence-corrected chi connectivity index (χ3v) is 5.31. The van der Waals surface area contributed by atoms with E-state index in [1.807, 2.05) is 35.0 Å². The third kappa shape index (κ3) is 2.09. The maximum absolute atomic E-state index is 13.0. The Morgan fingerprint density at radius 2 is 1.73 bits per heavy atom. The third-order valence-electron chi connectivity index (χ3n) is 3.99. The molecule has 0 spiro atoms. The molecule has 0 fully saturated rings. The maximum Gasteiger partial charge on any atom is 0.197 e. The van der Waals surface area contributed by atoms with E-state index in [0.29, 0.717) is 0 Å². The molecule has 4 rings (SSSR count). The molecule has 1 unspecified atom stereocenters. The van der Waals surface area contributed by atoms with Crippen molar-refractivity contribution in [2.75, 3.05) is 0 Å². The van der Waals surface area contributed by atoms with Gasteiger partial charge in [-0.15, -0.1) is 11.8 Å². The monoisotopic (exact) mass is 305 g/mol. The molecule has 0 amide bonds. The second-order valence-electron chi connectivity index (χ2n) is 5.50. The number of para-hydroxylation sites is 1. The number of benzene rings is 2. The lowest BCUT2D eigenvalue weighted by molar-refractivity contribution is 0.0983. The van der Waals surface area contributed by atoms with E-state index < -0.39 is 0 Å². The summed E-state index contributed by atoms with van der Waals surface area (Å²) in [4.78, 5) is 14.1. The Morgan fingerprint density at radius 1 is 0.955 bits per heavy atom. The standard InChI is InChI=1S/C19H15NOS/c1-13-8-10-14(11-9-13)19-18(21)16-6-4-12-20(16)15-5-2-3-7-17(15)22-19/h2-12,19H,1H3. The van der Waals surface area contributed by atoms with Gasteiger partial charge in [0.15, 0.2) is 5.78 Å². The molecular formula is C19H15NOS. The van der Waals surface area contributed by atoms with Crippen LogP contribution in [0.3, 0.4) is 0 Å². The van der Waals surface area contributed by atoms with Gasteiger partial charge in [0.25, 0.3) is 0 Å². The van der Waals surface area contributed by atoms with E-state index in [4.69, 9.17) is 0 Å². The van der Waals surface area contributed by atoms with E-state index in [-0.39, 0.29) is 11.0 Å². The lowest BCUT2D eigenvalue weighted by Gasteiger charge is -2.13. The van der Waals surface area contributed by atoms with E-state index in [1.54, 1.807) is 11.8 Å². The van der Waals surface area contributed by atoms with Crippen molar-refractivity contribution in [2.45, 2.75) is 17.1 Å². The molecule has 22 heavy (non-hydrogen) atoms. The molecule has 1 aromatic heterocycles. The zero-order valence-electron chi connectivity index (χ0n) is 12.2. The number of Topliss-reactive ketones (excluding diaryl/α,β-unsaturated/α-hetero) is 1. The molecule has 0 radical (unpaired) electrons. The molecule has 2 aromatic carbocycles. The number of aromatic nitrogens is 1. The number of aryl methyl sites for hydroxylation is 1. The summed E-state index contributed by atoms with van der Waals surface area (Å²) in [6.07, 6.45) is 1.96. The van der Waals surface area contributed by atoms with Crippen LogP contribution in [0.25, 0.3) is 5.69 Å². The lowest BCUT2D eigenvalue weighted by atomic mass is 10.0. The van der Waals surface area contributed by atoms with Gasteiger partial charge < -0.3 is 4.57 Å².